The molecular formula is C18H15N7. The molecule has 0 atom stereocenters. The Bertz CT molecular complexity index is 1050. The van der Waals surface area contributed by atoms with Gasteiger partial charge in [-0.2, -0.15) is 0 Å². The number of H-pyrrole nitrogens is 1. The van der Waals surface area contributed by atoms with Crippen LogP contribution in [0.4, 0.5) is 17.2 Å². The van der Waals surface area contributed by atoms with Crippen LogP contribution in [0.5, 0.6) is 0 Å². The van der Waals surface area contributed by atoms with Gasteiger partial charge < -0.3 is 10.7 Å². The third-order valence-corrected chi connectivity index (χ3v) is 3.80. The number of hydrogen-bond acceptors (Lipinski definition) is 6. The van der Waals surface area contributed by atoms with Crippen LogP contribution in [0, 0.1) is 6.92 Å². The molecule has 0 bridgehead atoms. The summed E-state index contributed by atoms with van der Waals surface area (Å²) in [6.07, 6.45) is 6.82. The molecule has 3 aromatic heterocycles. The molecule has 7 nitrogen and oxygen atoms in total. The van der Waals surface area contributed by atoms with Gasteiger partial charge in [-0.1, -0.05) is 17.7 Å². The van der Waals surface area contributed by atoms with Crippen molar-refractivity contribution in [3.63, 3.8) is 0 Å². The molecule has 0 aliphatic heterocycles. The van der Waals surface area contributed by atoms with E-state index in [0.29, 0.717) is 23.0 Å². The van der Waals surface area contributed by atoms with Crippen LogP contribution < -0.4 is 5.73 Å². The van der Waals surface area contributed by atoms with Crippen molar-refractivity contribution in [1.82, 2.24) is 19.9 Å². The van der Waals surface area contributed by atoms with Crippen LogP contribution in [0.15, 0.2) is 65.3 Å². The molecule has 0 saturated carbocycles. The van der Waals surface area contributed by atoms with Crippen molar-refractivity contribution >= 4 is 28.0 Å². The number of nitrogens with zero attached hydrogens (tertiary/aromatic N) is 5. The zero-order valence-corrected chi connectivity index (χ0v) is 13.5. The molecule has 0 fully saturated rings. The summed E-state index contributed by atoms with van der Waals surface area (Å²) in [4.78, 5) is 15.7. The van der Waals surface area contributed by atoms with Gasteiger partial charge in [0.05, 0.1) is 6.20 Å². The van der Waals surface area contributed by atoms with Gasteiger partial charge in [-0.25, -0.2) is 9.97 Å². The average molecular weight is 329 g/mol. The molecule has 1 aromatic carbocycles. The number of aromatic nitrogens is 4. The maximum Gasteiger partial charge on any atom is 0.155 e. The predicted octanol–water partition coefficient (Wildman–Crippen LogP) is 4.33. The Morgan fingerprint density at radius 3 is 2.68 bits per heavy atom. The first kappa shape index (κ1) is 14.9. The number of fused-ring (bicyclic) bond motifs is 1. The quantitative estimate of drug-likeness (QED) is 0.546. The zero-order chi connectivity index (χ0) is 17.2. The minimum Gasteiger partial charge on any atom is -0.382 e. The molecule has 3 heterocycles. The number of rotatable bonds is 3. The number of anilines is 1. The number of nitrogens with one attached hydrogen (secondary N) is 1. The van der Waals surface area contributed by atoms with Crippen molar-refractivity contribution in [3.8, 4) is 11.5 Å². The summed E-state index contributed by atoms with van der Waals surface area (Å²) in [5.74, 6) is 1.06. The number of azo groups is 1. The number of nitrogens with two attached hydrogens (primary N) is 1. The van der Waals surface area contributed by atoms with Crippen LogP contribution in [0.3, 0.4) is 0 Å². The van der Waals surface area contributed by atoms with Gasteiger partial charge in [0.1, 0.15) is 17.1 Å². The fourth-order valence-corrected chi connectivity index (χ4v) is 2.53. The van der Waals surface area contributed by atoms with Crippen molar-refractivity contribution in [3.05, 3.63) is 60.7 Å². The highest BCUT2D eigenvalue weighted by Gasteiger charge is 2.07. The summed E-state index contributed by atoms with van der Waals surface area (Å²) < 4.78 is 0. The van der Waals surface area contributed by atoms with Gasteiger partial charge in [0, 0.05) is 29.4 Å². The molecule has 3 N–H and O–H groups in total. The number of benzene rings is 1. The fourth-order valence-electron chi connectivity index (χ4n) is 2.53. The first-order valence-corrected chi connectivity index (χ1v) is 7.73. The van der Waals surface area contributed by atoms with E-state index in [1.54, 1.807) is 24.8 Å². The second kappa shape index (κ2) is 6.12. The highest BCUT2D eigenvalue weighted by molar-refractivity contribution is 5.96. The standard InChI is InChI=1S/C18H15N7/c1-11-2-3-12-9-23-17(19)16(14(12)8-11)25-24-13-4-5-15(22-10-13)18-20-6-7-21-18/h2-10H,1H3,(H2,19,23)(H,20,21). The van der Waals surface area contributed by atoms with Gasteiger partial charge in [0.25, 0.3) is 0 Å². The number of aryl methyl sites for hydroxylation is 1. The monoisotopic (exact) mass is 329 g/mol. The lowest BCUT2D eigenvalue weighted by atomic mass is 10.1. The SMILES string of the molecule is Cc1ccc2cnc(N)c(N=Nc3ccc(-c4ncc[nH]4)nc3)c2c1. The maximum absolute atomic E-state index is 6.00. The predicted molar refractivity (Wildman–Crippen MR) is 96.9 cm³/mol. The molecule has 0 aliphatic carbocycles. The van der Waals surface area contributed by atoms with Crippen molar-refractivity contribution in [2.75, 3.05) is 5.73 Å². The maximum atomic E-state index is 6.00. The summed E-state index contributed by atoms with van der Waals surface area (Å²) in [5.41, 5.74) is 9.05. The minimum atomic E-state index is 0.349. The fraction of sp³-hybridized carbons (Fsp3) is 0.0556. The van der Waals surface area contributed by atoms with Gasteiger partial charge in [0.2, 0.25) is 0 Å². The van der Waals surface area contributed by atoms with Crippen molar-refractivity contribution in [2.45, 2.75) is 6.92 Å². The number of aromatic amines is 1. The van der Waals surface area contributed by atoms with Crippen LogP contribution in [-0.4, -0.2) is 19.9 Å². The molecule has 7 heteroatoms. The summed E-state index contributed by atoms with van der Waals surface area (Å²) >= 11 is 0. The first-order valence-electron chi connectivity index (χ1n) is 7.73. The first-order chi connectivity index (χ1) is 12.2. The van der Waals surface area contributed by atoms with Gasteiger partial charge in [-0.05, 0) is 25.1 Å². The molecule has 0 radical (unpaired) electrons. The van der Waals surface area contributed by atoms with Gasteiger partial charge in [0.15, 0.2) is 11.6 Å². The number of pyridine rings is 2. The molecule has 25 heavy (non-hydrogen) atoms. The third kappa shape index (κ3) is 2.94. The number of imidazole rings is 1. The Morgan fingerprint density at radius 1 is 1.00 bits per heavy atom. The van der Waals surface area contributed by atoms with E-state index in [-0.39, 0.29) is 0 Å². The van der Waals surface area contributed by atoms with E-state index in [1.165, 1.54) is 0 Å². The van der Waals surface area contributed by atoms with E-state index in [0.717, 1.165) is 22.0 Å². The van der Waals surface area contributed by atoms with E-state index in [2.05, 4.69) is 30.2 Å². The summed E-state index contributed by atoms with van der Waals surface area (Å²) in [6.45, 7) is 2.02. The Kier molecular flexibility index (Phi) is 3.66. The van der Waals surface area contributed by atoms with Gasteiger partial charge in [-0.15, -0.1) is 10.2 Å². The molecule has 4 rings (SSSR count). The number of nitrogen functional groups attached to an aromatic ring is 1. The smallest absolute Gasteiger partial charge is 0.155 e. The largest absolute Gasteiger partial charge is 0.382 e. The van der Waals surface area contributed by atoms with Crippen LogP contribution in [-0.2, 0) is 0 Å². The zero-order valence-electron chi connectivity index (χ0n) is 13.5. The van der Waals surface area contributed by atoms with Crippen molar-refractivity contribution in [1.29, 1.82) is 0 Å². The van der Waals surface area contributed by atoms with E-state index in [1.807, 2.05) is 37.3 Å². The van der Waals surface area contributed by atoms with Gasteiger partial charge in [-0.3, -0.25) is 4.98 Å². The molecule has 0 unspecified atom stereocenters. The Balaban J connectivity index is 1.69. The molecule has 4 aromatic rings. The lowest BCUT2D eigenvalue weighted by Crippen LogP contribution is -1.91. The lowest BCUT2D eigenvalue weighted by molar-refractivity contribution is 1.17. The average Bonchev–Trinajstić information content (AvgIpc) is 3.16. The van der Waals surface area contributed by atoms with Crippen LogP contribution in [0.1, 0.15) is 5.56 Å². The second-order valence-corrected chi connectivity index (χ2v) is 5.62. The molecule has 0 saturated heterocycles. The van der Waals surface area contributed by atoms with E-state index >= 15 is 0 Å². The Hall–Kier alpha value is -3.61. The Morgan fingerprint density at radius 2 is 1.92 bits per heavy atom. The molecule has 122 valence electrons. The third-order valence-electron chi connectivity index (χ3n) is 3.80. The molecule has 0 spiro atoms. The molecular weight excluding hydrogens is 314 g/mol. The van der Waals surface area contributed by atoms with E-state index < -0.39 is 0 Å². The Labute approximate surface area is 143 Å². The summed E-state index contributed by atoms with van der Waals surface area (Å²) in [7, 11) is 0. The van der Waals surface area contributed by atoms with Gasteiger partial charge >= 0.3 is 0 Å². The van der Waals surface area contributed by atoms with Crippen LogP contribution in [0.2, 0.25) is 0 Å². The molecule has 0 amide bonds. The van der Waals surface area contributed by atoms with Crippen molar-refractivity contribution < 1.29 is 0 Å². The summed E-state index contributed by atoms with van der Waals surface area (Å²) in [5, 5.41) is 10.5. The van der Waals surface area contributed by atoms with Crippen molar-refractivity contribution in [2.24, 2.45) is 10.2 Å². The lowest BCUT2D eigenvalue weighted by Gasteiger charge is -2.05. The van der Waals surface area contributed by atoms with Crippen LogP contribution >= 0.6 is 0 Å². The van der Waals surface area contributed by atoms with Crippen LogP contribution in [0.25, 0.3) is 22.3 Å². The highest BCUT2D eigenvalue weighted by atomic mass is 15.1. The minimum absolute atomic E-state index is 0.349. The van der Waals surface area contributed by atoms with E-state index in [9.17, 15) is 0 Å². The summed E-state index contributed by atoms with van der Waals surface area (Å²) in [6, 6.07) is 9.71. The highest BCUT2D eigenvalue weighted by Crippen LogP contribution is 2.32. The second-order valence-electron chi connectivity index (χ2n) is 5.62. The number of hydrogen-bond donors (Lipinski definition) is 2. The topological polar surface area (TPSA) is 105 Å². The normalized spacial score (nSPS) is 11.4. The van der Waals surface area contributed by atoms with E-state index in [4.69, 9.17) is 5.73 Å². The molecule has 0 aliphatic rings.